The molecule has 7 heteroatoms. The maximum atomic E-state index is 12.1. The van der Waals surface area contributed by atoms with Crippen LogP contribution in [0.2, 0.25) is 0 Å². The van der Waals surface area contributed by atoms with E-state index in [0.717, 1.165) is 28.3 Å². The summed E-state index contributed by atoms with van der Waals surface area (Å²) >= 11 is 0. The molecule has 0 bridgehead atoms. The van der Waals surface area contributed by atoms with Gasteiger partial charge in [0.05, 0.1) is 23.8 Å². The number of nitrogens with zero attached hydrogens (tertiary/aromatic N) is 3. The molecular weight excluding hydrogens is 498 g/mol. The summed E-state index contributed by atoms with van der Waals surface area (Å²) in [6.45, 7) is 17.4. The van der Waals surface area contributed by atoms with Crippen LogP contribution in [0.4, 0.5) is 4.79 Å². The van der Waals surface area contributed by atoms with Crippen LogP contribution >= 0.6 is 0 Å². The molecule has 0 unspecified atom stereocenters. The van der Waals surface area contributed by atoms with Crippen molar-refractivity contribution in [2.75, 3.05) is 14.1 Å². The molecule has 1 amide bonds. The number of aromatic amines is 2. The van der Waals surface area contributed by atoms with E-state index in [1.165, 1.54) is 27.2 Å². The lowest BCUT2D eigenvalue weighted by Crippen LogP contribution is -2.24. The number of carbonyl (C=O) groups excluding carboxylic acids is 1. The molecular formula is C33H42N5O2. The SMILES string of the molecule is C[CH]c1ncc(-c2ccc(-c3ccc(-c4cnc([C@H](C)OC(=O)N(C)C)[nH]4)c(C(C)(C)C)c3C(C)(C)C)cc2)[nH]1. The van der Waals surface area contributed by atoms with Gasteiger partial charge in [0, 0.05) is 26.1 Å². The highest BCUT2D eigenvalue weighted by atomic mass is 16.6. The summed E-state index contributed by atoms with van der Waals surface area (Å²) in [6, 6.07) is 13.1. The van der Waals surface area contributed by atoms with Crippen molar-refractivity contribution in [2.24, 2.45) is 0 Å². The fourth-order valence-electron chi connectivity index (χ4n) is 5.08. The molecule has 2 heterocycles. The Hall–Kier alpha value is -3.87. The maximum absolute atomic E-state index is 12.1. The van der Waals surface area contributed by atoms with Crippen LogP contribution in [0.25, 0.3) is 33.6 Å². The zero-order valence-corrected chi connectivity index (χ0v) is 25.4. The lowest BCUT2D eigenvalue weighted by Gasteiger charge is -2.34. The number of carbonyl (C=O) groups is 1. The lowest BCUT2D eigenvalue weighted by molar-refractivity contribution is 0.0791. The van der Waals surface area contributed by atoms with E-state index in [1.807, 2.05) is 32.7 Å². The van der Waals surface area contributed by atoms with E-state index < -0.39 is 12.2 Å². The van der Waals surface area contributed by atoms with Gasteiger partial charge >= 0.3 is 6.09 Å². The quantitative estimate of drug-likeness (QED) is 0.259. The molecule has 211 valence electrons. The third-order valence-corrected chi connectivity index (χ3v) is 6.99. The van der Waals surface area contributed by atoms with E-state index in [0.29, 0.717) is 5.82 Å². The highest BCUT2D eigenvalue weighted by Crippen LogP contribution is 2.45. The zero-order chi connectivity index (χ0) is 29.4. The molecule has 0 aliphatic heterocycles. The first-order valence-corrected chi connectivity index (χ1v) is 13.8. The van der Waals surface area contributed by atoms with Crippen molar-refractivity contribution < 1.29 is 9.53 Å². The van der Waals surface area contributed by atoms with Crippen LogP contribution in [0.5, 0.6) is 0 Å². The van der Waals surface area contributed by atoms with Crippen LogP contribution in [-0.4, -0.2) is 45.0 Å². The molecule has 0 aliphatic carbocycles. The van der Waals surface area contributed by atoms with Gasteiger partial charge in [-0.25, -0.2) is 14.8 Å². The fourth-order valence-corrected chi connectivity index (χ4v) is 5.08. The third-order valence-electron chi connectivity index (χ3n) is 6.99. The van der Waals surface area contributed by atoms with Gasteiger partial charge in [-0.15, -0.1) is 0 Å². The van der Waals surface area contributed by atoms with E-state index in [1.54, 1.807) is 14.1 Å². The van der Waals surface area contributed by atoms with Gasteiger partial charge < -0.3 is 19.6 Å². The first-order valence-electron chi connectivity index (χ1n) is 13.8. The molecule has 2 N–H and O–H groups in total. The summed E-state index contributed by atoms with van der Waals surface area (Å²) < 4.78 is 5.53. The van der Waals surface area contributed by atoms with Crippen molar-refractivity contribution >= 4 is 6.09 Å². The second-order valence-electron chi connectivity index (χ2n) is 12.6. The zero-order valence-electron chi connectivity index (χ0n) is 25.4. The van der Waals surface area contributed by atoms with E-state index in [4.69, 9.17) is 4.74 Å². The highest BCUT2D eigenvalue weighted by Gasteiger charge is 2.32. The van der Waals surface area contributed by atoms with Crippen molar-refractivity contribution in [1.29, 1.82) is 0 Å². The number of nitrogens with one attached hydrogen (secondary N) is 2. The summed E-state index contributed by atoms with van der Waals surface area (Å²) in [6.07, 6.45) is 4.78. The molecule has 0 spiro atoms. The standard InChI is InChI=1S/C33H42N5O2/c1-11-27-34-18-25(36-27)22-14-12-21(13-15-22)23-16-17-24(29(33(6,7)8)28(23)32(3,4)5)26-19-35-30(37-26)20(2)40-31(39)38(9)10/h11-20H,1-10H3,(H,34,36)(H,35,37)/t20-/m0/s1. The van der Waals surface area contributed by atoms with Crippen LogP contribution < -0.4 is 0 Å². The minimum Gasteiger partial charge on any atom is -0.438 e. The maximum Gasteiger partial charge on any atom is 0.409 e. The Labute approximate surface area is 238 Å². The summed E-state index contributed by atoms with van der Waals surface area (Å²) in [5.74, 6) is 1.48. The summed E-state index contributed by atoms with van der Waals surface area (Å²) in [5.41, 5.74) is 8.79. The molecule has 0 fully saturated rings. The molecule has 1 atom stereocenters. The molecule has 2 aromatic heterocycles. The molecule has 4 rings (SSSR count). The predicted molar refractivity (Wildman–Crippen MR) is 162 cm³/mol. The first-order chi connectivity index (χ1) is 18.7. The average molecular weight is 541 g/mol. The van der Waals surface area contributed by atoms with Gasteiger partial charge in [0.15, 0.2) is 6.10 Å². The molecule has 0 saturated carbocycles. The number of amides is 1. The molecule has 0 saturated heterocycles. The molecule has 0 aliphatic rings. The normalized spacial score (nSPS) is 12.8. The fraction of sp³-hybridized carbons (Fsp3) is 0.394. The molecule has 2 aromatic carbocycles. The largest absolute Gasteiger partial charge is 0.438 e. The average Bonchev–Trinajstić information content (AvgIpc) is 3.57. The third kappa shape index (κ3) is 5.98. The monoisotopic (exact) mass is 540 g/mol. The van der Waals surface area contributed by atoms with Gasteiger partial charge in [0.25, 0.3) is 0 Å². The van der Waals surface area contributed by atoms with E-state index in [9.17, 15) is 4.79 Å². The predicted octanol–water partition coefficient (Wildman–Crippen LogP) is 8.06. The van der Waals surface area contributed by atoms with Crippen molar-refractivity contribution in [3.8, 4) is 33.6 Å². The Bertz CT molecular complexity index is 1480. The van der Waals surface area contributed by atoms with Crippen LogP contribution in [-0.2, 0) is 15.6 Å². The van der Waals surface area contributed by atoms with Crippen molar-refractivity contribution in [2.45, 2.75) is 72.3 Å². The number of imidazole rings is 2. The Morgan fingerprint density at radius 1 is 0.825 bits per heavy atom. The smallest absolute Gasteiger partial charge is 0.409 e. The summed E-state index contributed by atoms with van der Waals surface area (Å²) in [7, 11) is 3.33. The van der Waals surface area contributed by atoms with Gasteiger partial charge in [-0.1, -0.05) is 84.9 Å². The molecule has 4 aromatic rings. The van der Waals surface area contributed by atoms with Crippen LogP contribution in [0.3, 0.4) is 0 Å². The van der Waals surface area contributed by atoms with Gasteiger partial charge in [-0.3, -0.25) is 0 Å². The number of hydrogen-bond acceptors (Lipinski definition) is 4. The highest BCUT2D eigenvalue weighted by molar-refractivity contribution is 5.79. The molecule has 40 heavy (non-hydrogen) atoms. The number of aromatic nitrogens is 4. The second kappa shape index (κ2) is 11.0. The van der Waals surface area contributed by atoms with Gasteiger partial charge in [-0.05, 0) is 45.6 Å². The number of rotatable bonds is 6. The molecule has 7 nitrogen and oxygen atoms in total. The number of ether oxygens (including phenoxy) is 1. The number of hydrogen-bond donors (Lipinski definition) is 2. The molecule has 1 radical (unpaired) electrons. The summed E-state index contributed by atoms with van der Waals surface area (Å²) in [5, 5.41) is 0. The lowest BCUT2D eigenvalue weighted by atomic mass is 9.70. The minimum absolute atomic E-state index is 0.126. The van der Waals surface area contributed by atoms with Crippen LogP contribution in [0.15, 0.2) is 48.8 Å². The minimum atomic E-state index is -0.497. The van der Waals surface area contributed by atoms with E-state index in [2.05, 4.69) is 97.9 Å². The summed E-state index contributed by atoms with van der Waals surface area (Å²) in [4.78, 5) is 29.3. The van der Waals surface area contributed by atoms with E-state index >= 15 is 0 Å². The Kier molecular flexibility index (Phi) is 7.97. The van der Waals surface area contributed by atoms with Crippen molar-refractivity contribution in [3.05, 3.63) is 78.0 Å². The second-order valence-corrected chi connectivity index (χ2v) is 12.6. The van der Waals surface area contributed by atoms with E-state index in [-0.39, 0.29) is 10.8 Å². The number of benzene rings is 2. The van der Waals surface area contributed by atoms with Crippen LogP contribution in [0.1, 0.15) is 84.3 Å². The van der Waals surface area contributed by atoms with Gasteiger partial charge in [0.1, 0.15) is 11.6 Å². The van der Waals surface area contributed by atoms with Crippen molar-refractivity contribution in [1.82, 2.24) is 24.8 Å². The Balaban J connectivity index is 1.81. The number of H-pyrrole nitrogens is 2. The first kappa shape index (κ1) is 29.1. The van der Waals surface area contributed by atoms with Gasteiger partial charge in [-0.2, -0.15) is 0 Å². The van der Waals surface area contributed by atoms with Crippen LogP contribution in [0, 0.1) is 6.42 Å². The Morgan fingerprint density at radius 3 is 1.93 bits per heavy atom. The Morgan fingerprint density at radius 2 is 1.38 bits per heavy atom. The topological polar surface area (TPSA) is 86.9 Å². The van der Waals surface area contributed by atoms with Gasteiger partial charge in [0.2, 0.25) is 0 Å². The van der Waals surface area contributed by atoms with Crippen molar-refractivity contribution in [3.63, 3.8) is 0 Å².